The van der Waals surface area contributed by atoms with Gasteiger partial charge in [0.2, 0.25) is 0 Å². The van der Waals surface area contributed by atoms with E-state index in [0.29, 0.717) is 10.0 Å². The number of nitrogens with zero attached hydrogens (tertiary/aromatic N) is 1. The third-order valence-corrected chi connectivity index (χ3v) is 5.31. The molecule has 110 valence electrons. The maximum absolute atomic E-state index is 10.6. The molecule has 1 aliphatic heterocycles. The van der Waals surface area contributed by atoms with Crippen LogP contribution in [0.15, 0.2) is 48.5 Å². The van der Waals surface area contributed by atoms with Gasteiger partial charge in [-0.05, 0) is 35.4 Å². The standard InChI is InChI=1S/C16H15Cl2NOS/c17-13-5-1-11(2-6-13)15-9-21-10-16(19(15)20)12-3-7-14(18)8-4-12/h1-8,15-16,20H,9-10H2/t15-,16+. The zero-order valence-corrected chi connectivity index (χ0v) is 13.6. The van der Waals surface area contributed by atoms with E-state index in [-0.39, 0.29) is 12.1 Å². The van der Waals surface area contributed by atoms with Crippen molar-refractivity contribution in [3.63, 3.8) is 0 Å². The molecule has 1 heterocycles. The van der Waals surface area contributed by atoms with Gasteiger partial charge in [0.25, 0.3) is 0 Å². The Morgan fingerprint density at radius 1 is 0.810 bits per heavy atom. The normalized spacial score (nSPS) is 23.2. The van der Waals surface area contributed by atoms with Gasteiger partial charge < -0.3 is 5.21 Å². The highest BCUT2D eigenvalue weighted by atomic mass is 35.5. The Bertz CT molecular complexity index is 549. The number of hydroxylamine groups is 2. The van der Waals surface area contributed by atoms with E-state index in [1.807, 2.05) is 60.3 Å². The van der Waals surface area contributed by atoms with Gasteiger partial charge >= 0.3 is 0 Å². The van der Waals surface area contributed by atoms with E-state index in [1.165, 1.54) is 5.06 Å². The fraction of sp³-hybridized carbons (Fsp3) is 0.250. The lowest BCUT2D eigenvalue weighted by Gasteiger charge is -2.37. The Balaban J connectivity index is 1.84. The Kier molecular flexibility index (Phi) is 4.77. The van der Waals surface area contributed by atoms with Crippen LogP contribution in [-0.4, -0.2) is 21.8 Å². The molecular formula is C16H15Cl2NOS. The van der Waals surface area contributed by atoms with Crippen LogP contribution in [0, 0.1) is 0 Å². The first-order valence-electron chi connectivity index (χ1n) is 6.71. The van der Waals surface area contributed by atoms with Gasteiger partial charge in [0, 0.05) is 21.6 Å². The van der Waals surface area contributed by atoms with Crippen LogP contribution in [0.4, 0.5) is 0 Å². The number of thioether (sulfide) groups is 1. The topological polar surface area (TPSA) is 23.5 Å². The van der Waals surface area contributed by atoms with Gasteiger partial charge in [-0.15, -0.1) is 0 Å². The first kappa shape index (κ1) is 15.2. The lowest BCUT2D eigenvalue weighted by atomic mass is 10.0. The number of halogens is 2. The Morgan fingerprint density at radius 2 is 1.19 bits per heavy atom. The zero-order valence-electron chi connectivity index (χ0n) is 11.2. The van der Waals surface area contributed by atoms with Crippen LogP contribution in [0.2, 0.25) is 10.0 Å². The average Bonchev–Trinajstić information content (AvgIpc) is 2.50. The second-order valence-corrected chi connectivity index (χ2v) is 7.00. The summed E-state index contributed by atoms with van der Waals surface area (Å²) in [6.07, 6.45) is 0. The molecule has 1 fully saturated rings. The van der Waals surface area contributed by atoms with Gasteiger partial charge in [-0.25, -0.2) is 0 Å². The minimum Gasteiger partial charge on any atom is -0.313 e. The van der Waals surface area contributed by atoms with Gasteiger partial charge in [0.05, 0.1) is 12.1 Å². The third kappa shape index (κ3) is 3.38. The van der Waals surface area contributed by atoms with E-state index in [9.17, 15) is 5.21 Å². The van der Waals surface area contributed by atoms with Gasteiger partial charge in [0.1, 0.15) is 0 Å². The third-order valence-electron chi connectivity index (χ3n) is 3.70. The molecule has 2 nitrogen and oxygen atoms in total. The minimum atomic E-state index is -0.0262. The molecule has 0 saturated carbocycles. The highest BCUT2D eigenvalue weighted by Gasteiger charge is 2.31. The van der Waals surface area contributed by atoms with Crippen LogP contribution < -0.4 is 0 Å². The summed E-state index contributed by atoms with van der Waals surface area (Å²) < 4.78 is 0. The summed E-state index contributed by atoms with van der Waals surface area (Å²) >= 11 is 13.7. The Labute approximate surface area is 138 Å². The summed E-state index contributed by atoms with van der Waals surface area (Å²) in [6, 6.07) is 15.3. The molecule has 21 heavy (non-hydrogen) atoms. The van der Waals surface area contributed by atoms with Crippen molar-refractivity contribution >= 4 is 35.0 Å². The molecule has 0 bridgehead atoms. The molecule has 0 aromatic heterocycles. The molecule has 0 amide bonds. The predicted octanol–water partition coefficient (Wildman–Crippen LogP) is 5.21. The second kappa shape index (κ2) is 6.59. The van der Waals surface area contributed by atoms with E-state index in [1.54, 1.807) is 0 Å². The van der Waals surface area contributed by atoms with Crippen LogP contribution in [0.25, 0.3) is 0 Å². The van der Waals surface area contributed by atoms with Gasteiger partial charge in [-0.1, -0.05) is 47.5 Å². The summed E-state index contributed by atoms with van der Waals surface area (Å²) in [4.78, 5) is 0. The number of benzene rings is 2. The van der Waals surface area contributed by atoms with Crippen molar-refractivity contribution in [1.29, 1.82) is 0 Å². The second-order valence-electron chi connectivity index (χ2n) is 5.05. The van der Waals surface area contributed by atoms with Crippen molar-refractivity contribution in [1.82, 2.24) is 5.06 Å². The highest BCUT2D eigenvalue weighted by Crippen LogP contribution is 2.38. The molecule has 2 atom stereocenters. The number of rotatable bonds is 2. The van der Waals surface area contributed by atoms with E-state index >= 15 is 0 Å². The summed E-state index contributed by atoms with van der Waals surface area (Å²) in [5.41, 5.74) is 2.15. The maximum atomic E-state index is 10.6. The van der Waals surface area contributed by atoms with Crippen LogP contribution in [0.5, 0.6) is 0 Å². The van der Waals surface area contributed by atoms with Crippen molar-refractivity contribution < 1.29 is 5.21 Å². The van der Waals surface area contributed by atoms with E-state index in [4.69, 9.17) is 23.2 Å². The van der Waals surface area contributed by atoms with Crippen molar-refractivity contribution in [3.8, 4) is 0 Å². The Morgan fingerprint density at radius 3 is 1.57 bits per heavy atom. The van der Waals surface area contributed by atoms with Crippen LogP contribution in [0.1, 0.15) is 23.2 Å². The molecule has 0 radical (unpaired) electrons. The first-order chi connectivity index (χ1) is 10.1. The zero-order chi connectivity index (χ0) is 14.8. The molecule has 0 spiro atoms. The molecular weight excluding hydrogens is 325 g/mol. The van der Waals surface area contributed by atoms with Gasteiger partial charge in [-0.3, -0.25) is 0 Å². The van der Waals surface area contributed by atoms with Crippen LogP contribution in [0.3, 0.4) is 0 Å². The predicted molar refractivity (Wildman–Crippen MR) is 89.3 cm³/mol. The molecule has 2 aromatic rings. The van der Waals surface area contributed by atoms with Crippen molar-refractivity contribution in [3.05, 3.63) is 69.7 Å². The van der Waals surface area contributed by atoms with E-state index in [0.717, 1.165) is 22.6 Å². The number of hydrogen-bond acceptors (Lipinski definition) is 3. The number of hydrogen-bond donors (Lipinski definition) is 1. The summed E-state index contributed by atoms with van der Waals surface area (Å²) in [5.74, 6) is 1.73. The molecule has 0 aliphatic carbocycles. The first-order valence-corrected chi connectivity index (χ1v) is 8.62. The quantitative estimate of drug-likeness (QED) is 0.811. The molecule has 5 heteroatoms. The average molecular weight is 340 g/mol. The largest absolute Gasteiger partial charge is 0.313 e. The summed E-state index contributed by atoms with van der Waals surface area (Å²) in [7, 11) is 0. The molecule has 0 unspecified atom stereocenters. The van der Waals surface area contributed by atoms with Crippen molar-refractivity contribution in [2.24, 2.45) is 0 Å². The lowest BCUT2D eigenvalue weighted by molar-refractivity contribution is -0.155. The monoisotopic (exact) mass is 339 g/mol. The smallest absolute Gasteiger partial charge is 0.0697 e. The molecule has 1 aliphatic rings. The van der Waals surface area contributed by atoms with Crippen molar-refractivity contribution in [2.75, 3.05) is 11.5 Å². The molecule has 1 N–H and O–H groups in total. The molecule has 2 aromatic carbocycles. The van der Waals surface area contributed by atoms with E-state index < -0.39 is 0 Å². The van der Waals surface area contributed by atoms with Crippen molar-refractivity contribution in [2.45, 2.75) is 12.1 Å². The van der Waals surface area contributed by atoms with Crippen LogP contribution >= 0.6 is 35.0 Å². The fourth-order valence-corrected chi connectivity index (χ4v) is 4.05. The fourth-order valence-electron chi connectivity index (χ4n) is 2.53. The maximum Gasteiger partial charge on any atom is 0.0697 e. The summed E-state index contributed by atoms with van der Waals surface area (Å²) in [6.45, 7) is 0. The summed E-state index contributed by atoms with van der Waals surface area (Å²) in [5, 5.41) is 13.5. The SMILES string of the molecule is ON1[C@@H](c2ccc(Cl)cc2)CSC[C@H]1c1ccc(Cl)cc1. The molecule has 1 saturated heterocycles. The minimum absolute atomic E-state index is 0.0262. The van der Waals surface area contributed by atoms with E-state index in [2.05, 4.69) is 0 Å². The van der Waals surface area contributed by atoms with Gasteiger partial charge in [0.15, 0.2) is 0 Å². The Hall–Kier alpha value is -0.710. The van der Waals surface area contributed by atoms with Crippen LogP contribution in [-0.2, 0) is 0 Å². The highest BCUT2D eigenvalue weighted by molar-refractivity contribution is 7.99. The van der Waals surface area contributed by atoms with Gasteiger partial charge in [-0.2, -0.15) is 16.8 Å². The lowest BCUT2D eigenvalue weighted by Crippen LogP contribution is -2.36. The molecule has 3 rings (SSSR count).